The van der Waals surface area contributed by atoms with E-state index in [0.717, 1.165) is 28.0 Å². The van der Waals surface area contributed by atoms with Crippen LogP contribution in [0.2, 0.25) is 5.02 Å². The first kappa shape index (κ1) is 9.56. The Morgan fingerprint density at radius 2 is 2.21 bits per heavy atom. The molecule has 0 bridgehead atoms. The minimum absolute atomic E-state index is 0.673. The van der Waals surface area contributed by atoms with E-state index in [-0.39, 0.29) is 0 Å². The van der Waals surface area contributed by atoms with Crippen molar-refractivity contribution in [1.29, 1.82) is 0 Å². The van der Waals surface area contributed by atoms with Gasteiger partial charge in [-0.05, 0) is 37.6 Å². The molecule has 74 valence electrons. The van der Waals surface area contributed by atoms with Crippen LogP contribution in [0, 0.1) is 6.92 Å². The minimum atomic E-state index is 0.673. The van der Waals surface area contributed by atoms with Crippen molar-refractivity contribution in [1.82, 2.24) is 4.98 Å². The zero-order chi connectivity index (χ0) is 10.1. The summed E-state index contributed by atoms with van der Waals surface area (Å²) in [5.74, 6) is 0. The number of rotatable bonds is 2. The molecule has 2 aromatic rings. The monoisotopic (exact) mass is 208 g/mol. The number of aromatic nitrogens is 1. The number of hydrogen-bond donors (Lipinski definition) is 2. The molecule has 2 nitrogen and oxygen atoms in total. The first-order valence-electron chi connectivity index (χ1n) is 4.69. The lowest BCUT2D eigenvalue weighted by Crippen LogP contribution is -2.02. The second-order valence-electron chi connectivity index (χ2n) is 3.48. The van der Waals surface area contributed by atoms with Gasteiger partial charge in [-0.3, -0.25) is 0 Å². The minimum Gasteiger partial charge on any atom is -0.357 e. The fraction of sp³-hybridized carbons (Fsp3) is 0.273. The highest BCUT2D eigenvalue weighted by atomic mass is 35.5. The highest BCUT2D eigenvalue weighted by Gasteiger charge is 2.05. The Labute approximate surface area is 88.1 Å². The Bertz CT molecular complexity index is 460. The summed E-state index contributed by atoms with van der Waals surface area (Å²) >= 11 is 6.15. The predicted octanol–water partition coefficient (Wildman–Crippen LogP) is 2.63. The standard InChI is InChI=1S/C11H13ClN2/c1-7-11(12)9-6-8(4-5-13)2-3-10(9)14-7/h2-3,6,14H,4-5,13H2,1H3. The van der Waals surface area contributed by atoms with Crippen LogP contribution in [0.4, 0.5) is 0 Å². The molecule has 0 saturated heterocycles. The van der Waals surface area contributed by atoms with E-state index in [0.29, 0.717) is 6.54 Å². The molecule has 0 amide bonds. The molecular formula is C11H13ClN2. The topological polar surface area (TPSA) is 41.8 Å². The molecule has 1 aromatic carbocycles. The van der Waals surface area contributed by atoms with E-state index in [1.165, 1.54) is 5.56 Å². The molecule has 2 rings (SSSR count). The number of H-pyrrole nitrogens is 1. The fourth-order valence-corrected chi connectivity index (χ4v) is 1.87. The summed E-state index contributed by atoms with van der Waals surface area (Å²) in [7, 11) is 0. The van der Waals surface area contributed by atoms with Crippen molar-refractivity contribution in [3.8, 4) is 0 Å². The fourth-order valence-electron chi connectivity index (χ4n) is 1.66. The van der Waals surface area contributed by atoms with Crippen LogP contribution >= 0.6 is 11.6 Å². The molecular weight excluding hydrogens is 196 g/mol. The average Bonchev–Trinajstić information content (AvgIpc) is 2.45. The molecule has 0 aliphatic carbocycles. The first-order valence-corrected chi connectivity index (χ1v) is 5.07. The molecule has 0 atom stereocenters. The number of aromatic amines is 1. The summed E-state index contributed by atoms with van der Waals surface area (Å²) in [6, 6.07) is 6.24. The van der Waals surface area contributed by atoms with Crippen LogP contribution in [0.25, 0.3) is 10.9 Å². The van der Waals surface area contributed by atoms with E-state index < -0.39 is 0 Å². The number of hydrogen-bond acceptors (Lipinski definition) is 1. The molecule has 0 aliphatic heterocycles. The van der Waals surface area contributed by atoms with Crippen LogP contribution in [0.3, 0.4) is 0 Å². The van der Waals surface area contributed by atoms with Crippen molar-refractivity contribution >= 4 is 22.5 Å². The quantitative estimate of drug-likeness (QED) is 0.783. The van der Waals surface area contributed by atoms with Gasteiger partial charge in [0.05, 0.1) is 5.02 Å². The normalized spacial score (nSPS) is 11.1. The van der Waals surface area contributed by atoms with Crippen LogP contribution in [-0.2, 0) is 6.42 Å². The summed E-state index contributed by atoms with van der Waals surface area (Å²) in [5, 5.41) is 1.91. The molecule has 0 saturated carbocycles. The van der Waals surface area contributed by atoms with Crippen molar-refractivity contribution in [3.05, 3.63) is 34.5 Å². The lowest BCUT2D eigenvalue weighted by Gasteiger charge is -1.98. The SMILES string of the molecule is Cc1[nH]c2ccc(CCN)cc2c1Cl. The second-order valence-corrected chi connectivity index (χ2v) is 3.86. The highest BCUT2D eigenvalue weighted by molar-refractivity contribution is 6.36. The molecule has 0 aliphatic rings. The number of fused-ring (bicyclic) bond motifs is 1. The third-order valence-corrected chi connectivity index (χ3v) is 2.89. The van der Waals surface area contributed by atoms with Gasteiger partial charge >= 0.3 is 0 Å². The number of halogens is 1. The number of nitrogens with one attached hydrogen (secondary N) is 1. The van der Waals surface area contributed by atoms with Crippen molar-refractivity contribution < 1.29 is 0 Å². The van der Waals surface area contributed by atoms with Crippen LogP contribution in [0.1, 0.15) is 11.3 Å². The van der Waals surface area contributed by atoms with Gasteiger partial charge < -0.3 is 10.7 Å². The van der Waals surface area contributed by atoms with E-state index in [4.69, 9.17) is 17.3 Å². The predicted molar refractivity (Wildman–Crippen MR) is 60.8 cm³/mol. The Morgan fingerprint density at radius 3 is 2.93 bits per heavy atom. The zero-order valence-electron chi connectivity index (χ0n) is 8.10. The third-order valence-electron chi connectivity index (χ3n) is 2.40. The lowest BCUT2D eigenvalue weighted by molar-refractivity contribution is 0.971. The van der Waals surface area contributed by atoms with Gasteiger partial charge in [-0.1, -0.05) is 17.7 Å². The van der Waals surface area contributed by atoms with E-state index in [1.54, 1.807) is 0 Å². The Hall–Kier alpha value is -0.990. The summed E-state index contributed by atoms with van der Waals surface area (Å²) in [6.07, 6.45) is 0.899. The van der Waals surface area contributed by atoms with E-state index >= 15 is 0 Å². The molecule has 0 radical (unpaired) electrons. The van der Waals surface area contributed by atoms with E-state index in [1.807, 2.05) is 6.92 Å². The smallest absolute Gasteiger partial charge is 0.0689 e. The van der Waals surface area contributed by atoms with Gasteiger partial charge in [0.2, 0.25) is 0 Å². The van der Waals surface area contributed by atoms with Crippen LogP contribution < -0.4 is 5.73 Å². The molecule has 0 spiro atoms. The van der Waals surface area contributed by atoms with Crippen molar-refractivity contribution in [2.45, 2.75) is 13.3 Å². The summed E-state index contributed by atoms with van der Waals surface area (Å²) in [5.41, 5.74) is 8.85. The van der Waals surface area contributed by atoms with Gasteiger partial charge in [0.1, 0.15) is 0 Å². The van der Waals surface area contributed by atoms with Gasteiger partial charge in [-0.25, -0.2) is 0 Å². The number of benzene rings is 1. The number of nitrogens with two attached hydrogens (primary N) is 1. The lowest BCUT2D eigenvalue weighted by atomic mass is 10.1. The summed E-state index contributed by atoms with van der Waals surface area (Å²) < 4.78 is 0. The third kappa shape index (κ3) is 1.51. The van der Waals surface area contributed by atoms with Gasteiger partial charge in [-0.15, -0.1) is 0 Å². The van der Waals surface area contributed by atoms with Crippen LogP contribution in [-0.4, -0.2) is 11.5 Å². The second kappa shape index (κ2) is 3.64. The van der Waals surface area contributed by atoms with Crippen molar-refractivity contribution in [2.24, 2.45) is 5.73 Å². The molecule has 3 N–H and O–H groups in total. The van der Waals surface area contributed by atoms with E-state index in [2.05, 4.69) is 23.2 Å². The number of aryl methyl sites for hydroxylation is 1. The molecule has 1 heterocycles. The Morgan fingerprint density at radius 1 is 1.43 bits per heavy atom. The molecule has 3 heteroatoms. The molecule has 14 heavy (non-hydrogen) atoms. The van der Waals surface area contributed by atoms with Crippen molar-refractivity contribution in [2.75, 3.05) is 6.54 Å². The maximum absolute atomic E-state index is 6.15. The maximum atomic E-state index is 6.15. The van der Waals surface area contributed by atoms with Gasteiger partial charge in [0.15, 0.2) is 0 Å². The zero-order valence-corrected chi connectivity index (χ0v) is 8.86. The largest absolute Gasteiger partial charge is 0.357 e. The van der Waals surface area contributed by atoms with Crippen LogP contribution in [0.5, 0.6) is 0 Å². The molecule has 1 aromatic heterocycles. The summed E-state index contributed by atoms with van der Waals surface area (Å²) in [4.78, 5) is 3.23. The molecule has 0 fully saturated rings. The van der Waals surface area contributed by atoms with Crippen LogP contribution in [0.15, 0.2) is 18.2 Å². The molecule has 0 unspecified atom stereocenters. The van der Waals surface area contributed by atoms with Gasteiger partial charge in [-0.2, -0.15) is 0 Å². The van der Waals surface area contributed by atoms with Gasteiger partial charge in [0, 0.05) is 16.6 Å². The Kier molecular flexibility index (Phi) is 2.48. The van der Waals surface area contributed by atoms with E-state index in [9.17, 15) is 0 Å². The first-order chi connectivity index (χ1) is 6.72. The van der Waals surface area contributed by atoms with Gasteiger partial charge in [0.25, 0.3) is 0 Å². The Balaban J connectivity index is 2.58. The average molecular weight is 209 g/mol. The van der Waals surface area contributed by atoms with Crippen molar-refractivity contribution in [3.63, 3.8) is 0 Å². The summed E-state index contributed by atoms with van der Waals surface area (Å²) in [6.45, 7) is 2.65. The maximum Gasteiger partial charge on any atom is 0.0689 e. The highest BCUT2D eigenvalue weighted by Crippen LogP contribution is 2.27.